The van der Waals surface area contributed by atoms with Gasteiger partial charge in [-0.3, -0.25) is 4.79 Å². The van der Waals surface area contributed by atoms with Gasteiger partial charge in [0.1, 0.15) is 5.03 Å². The van der Waals surface area contributed by atoms with Gasteiger partial charge in [0, 0.05) is 32.4 Å². The molecule has 1 aromatic heterocycles. The Bertz CT molecular complexity index is 470. The number of rotatable bonds is 5. The van der Waals surface area contributed by atoms with Crippen molar-refractivity contribution in [1.29, 1.82) is 0 Å². The lowest BCUT2D eigenvalue weighted by molar-refractivity contribution is 0.0933. The number of piperidine rings is 1. The van der Waals surface area contributed by atoms with Crippen LogP contribution in [-0.4, -0.2) is 48.2 Å². The molecule has 0 bridgehead atoms. The van der Waals surface area contributed by atoms with Gasteiger partial charge in [0.05, 0.1) is 5.56 Å². The molecule has 1 amide bonds. The number of nitrogens with zero attached hydrogens (tertiary/aromatic N) is 2. The average molecular weight is 307 g/mol. The van der Waals surface area contributed by atoms with E-state index in [9.17, 15) is 4.79 Å². The third-order valence-electron chi connectivity index (χ3n) is 3.87. The minimum atomic E-state index is -0.0226. The molecule has 1 aliphatic rings. The smallest absolute Gasteiger partial charge is 0.254 e. The zero-order valence-corrected chi connectivity index (χ0v) is 13.9. The molecule has 1 N–H and O–H groups in total. The molecule has 0 unspecified atom stereocenters. The number of carbonyl (C=O) groups is 1. The number of carbonyl (C=O) groups excluding carboxylic acids is 1. The molecule has 1 aliphatic heterocycles. The van der Waals surface area contributed by atoms with Crippen LogP contribution < -0.4 is 5.32 Å². The Morgan fingerprint density at radius 2 is 2.14 bits per heavy atom. The summed E-state index contributed by atoms with van der Waals surface area (Å²) in [6, 6.07) is 3.64. The van der Waals surface area contributed by atoms with Gasteiger partial charge >= 0.3 is 0 Å². The monoisotopic (exact) mass is 307 g/mol. The van der Waals surface area contributed by atoms with Crippen LogP contribution in [0.5, 0.6) is 0 Å². The number of thioether (sulfide) groups is 1. The van der Waals surface area contributed by atoms with Crippen molar-refractivity contribution in [2.24, 2.45) is 11.8 Å². The van der Waals surface area contributed by atoms with Crippen molar-refractivity contribution in [3.05, 3.63) is 23.9 Å². The van der Waals surface area contributed by atoms with Crippen molar-refractivity contribution in [3.8, 4) is 0 Å². The number of hydrogen-bond donors (Lipinski definition) is 1. The van der Waals surface area contributed by atoms with Gasteiger partial charge in [-0.1, -0.05) is 13.8 Å². The molecule has 0 radical (unpaired) electrons. The predicted octanol–water partition coefficient (Wildman–Crippen LogP) is 2.51. The van der Waals surface area contributed by atoms with E-state index in [0.29, 0.717) is 12.1 Å². The van der Waals surface area contributed by atoms with Crippen LogP contribution in [0.15, 0.2) is 23.4 Å². The van der Waals surface area contributed by atoms with Crippen LogP contribution in [0.4, 0.5) is 0 Å². The molecule has 1 fully saturated rings. The lowest BCUT2D eigenvalue weighted by atomic mass is 9.92. The van der Waals surface area contributed by atoms with E-state index in [0.717, 1.165) is 36.5 Å². The Kier molecular flexibility index (Phi) is 6.06. The van der Waals surface area contributed by atoms with Crippen molar-refractivity contribution in [3.63, 3.8) is 0 Å². The van der Waals surface area contributed by atoms with Gasteiger partial charge in [-0.2, -0.15) is 0 Å². The molecule has 1 aromatic rings. The van der Waals surface area contributed by atoms with E-state index >= 15 is 0 Å². The van der Waals surface area contributed by atoms with Gasteiger partial charge in [0.2, 0.25) is 0 Å². The molecular weight excluding hydrogens is 282 g/mol. The van der Waals surface area contributed by atoms with E-state index in [1.165, 1.54) is 18.2 Å². The van der Waals surface area contributed by atoms with Crippen molar-refractivity contribution in [1.82, 2.24) is 15.2 Å². The highest BCUT2D eigenvalue weighted by Gasteiger charge is 2.21. The molecule has 0 aromatic carbocycles. The third-order valence-corrected chi connectivity index (χ3v) is 4.58. The summed E-state index contributed by atoms with van der Waals surface area (Å²) in [4.78, 5) is 18.9. The highest BCUT2D eigenvalue weighted by Crippen LogP contribution is 2.20. The van der Waals surface area contributed by atoms with Crippen LogP contribution in [0.3, 0.4) is 0 Å². The Balaban J connectivity index is 1.81. The van der Waals surface area contributed by atoms with Gasteiger partial charge in [-0.25, -0.2) is 4.98 Å². The Morgan fingerprint density at radius 3 is 2.81 bits per heavy atom. The molecule has 1 saturated heterocycles. The standard InChI is InChI=1S/C16H25N3OS/c1-12-9-13(2)11-19(10-12)8-7-17-15(20)14-5-4-6-18-16(14)21-3/h4-6,12-13H,7-11H2,1-3H3,(H,17,20)/t12-,13-/m0/s1. The van der Waals surface area contributed by atoms with Crippen LogP contribution in [0, 0.1) is 11.8 Å². The van der Waals surface area contributed by atoms with Crippen LogP contribution in [0.2, 0.25) is 0 Å². The van der Waals surface area contributed by atoms with E-state index in [-0.39, 0.29) is 5.91 Å². The molecule has 0 spiro atoms. The van der Waals surface area contributed by atoms with E-state index < -0.39 is 0 Å². The number of likely N-dealkylation sites (tertiary alicyclic amines) is 1. The van der Waals surface area contributed by atoms with Crippen molar-refractivity contribution >= 4 is 17.7 Å². The summed E-state index contributed by atoms with van der Waals surface area (Å²) in [6.45, 7) is 8.52. The first kappa shape index (κ1) is 16.3. The Hall–Kier alpha value is -1.07. The maximum Gasteiger partial charge on any atom is 0.254 e. The second-order valence-electron chi connectivity index (χ2n) is 6.02. The SMILES string of the molecule is CSc1ncccc1C(=O)NCCN1C[C@@H](C)C[C@H](C)C1. The molecule has 116 valence electrons. The van der Waals surface area contributed by atoms with Crippen molar-refractivity contribution in [2.45, 2.75) is 25.3 Å². The fourth-order valence-electron chi connectivity index (χ4n) is 3.12. The first-order chi connectivity index (χ1) is 10.1. The quantitative estimate of drug-likeness (QED) is 0.849. The average Bonchev–Trinajstić information content (AvgIpc) is 2.46. The highest BCUT2D eigenvalue weighted by atomic mass is 32.2. The lowest BCUT2D eigenvalue weighted by Crippen LogP contribution is -2.42. The first-order valence-corrected chi connectivity index (χ1v) is 8.82. The molecule has 0 aliphatic carbocycles. The number of nitrogens with one attached hydrogen (secondary N) is 1. The molecule has 4 nitrogen and oxygen atoms in total. The van der Waals surface area contributed by atoms with E-state index in [1.807, 2.05) is 18.4 Å². The Morgan fingerprint density at radius 1 is 1.43 bits per heavy atom. The summed E-state index contributed by atoms with van der Waals surface area (Å²) in [7, 11) is 0. The maximum absolute atomic E-state index is 12.2. The molecular formula is C16H25N3OS. The first-order valence-electron chi connectivity index (χ1n) is 7.59. The minimum absolute atomic E-state index is 0.0226. The van der Waals surface area contributed by atoms with Crippen molar-refractivity contribution < 1.29 is 4.79 Å². The van der Waals surface area contributed by atoms with Crippen LogP contribution >= 0.6 is 11.8 Å². The van der Waals surface area contributed by atoms with E-state index in [2.05, 4.69) is 29.0 Å². The number of hydrogen-bond acceptors (Lipinski definition) is 4. The maximum atomic E-state index is 12.2. The van der Waals surface area contributed by atoms with Gasteiger partial charge < -0.3 is 10.2 Å². The summed E-state index contributed by atoms with van der Waals surface area (Å²) in [5.74, 6) is 1.49. The summed E-state index contributed by atoms with van der Waals surface area (Å²) in [5.41, 5.74) is 0.672. The zero-order valence-electron chi connectivity index (χ0n) is 13.1. The third kappa shape index (κ3) is 4.71. The van der Waals surface area contributed by atoms with E-state index in [4.69, 9.17) is 0 Å². The van der Waals surface area contributed by atoms with Gasteiger partial charge in [-0.15, -0.1) is 11.8 Å². The number of amides is 1. The molecule has 0 saturated carbocycles. The number of pyridine rings is 1. The lowest BCUT2D eigenvalue weighted by Gasteiger charge is -2.34. The fraction of sp³-hybridized carbons (Fsp3) is 0.625. The summed E-state index contributed by atoms with van der Waals surface area (Å²) in [6.07, 6.45) is 4.98. The van der Waals surface area contributed by atoms with Crippen LogP contribution in [0.1, 0.15) is 30.6 Å². The van der Waals surface area contributed by atoms with Crippen LogP contribution in [-0.2, 0) is 0 Å². The fourth-order valence-corrected chi connectivity index (χ4v) is 3.67. The topological polar surface area (TPSA) is 45.2 Å². The zero-order chi connectivity index (χ0) is 15.2. The largest absolute Gasteiger partial charge is 0.351 e. The van der Waals surface area contributed by atoms with Gasteiger partial charge in [0.25, 0.3) is 5.91 Å². The summed E-state index contributed by atoms with van der Waals surface area (Å²) < 4.78 is 0. The normalized spacial score (nSPS) is 23.0. The molecule has 21 heavy (non-hydrogen) atoms. The molecule has 5 heteroatoms. The predicted molar refractivity (Wildman–Crippen MR) is 87.7 cm³/mol. The van der Waals surface area contributed by atoms with Gasteiger partial charge in [-0.05, 0) is 36.6 Å². The summed E-state index contributed by atoms with van der Waals surface area (Å²) >= 11 is 1.50. The molecule has 2 heterocycles. The molecule has 2 atom stereocenters. The van der Waals surface area contributed by atoms with Crippen molar-refractivity contribution in [2.75, 3.05) is 32.4 Å². The highest BCUT2D eigenvalue weighted by molar-refractivity contribution is 7.98. The number of aromatic nitrogens is 1. The minimum Gasteiger partial charge on any atom is -0.351 e. The van der Waals surface area contributed by atoms with Gasteiger partial charge in [0.15, 0.2) is 0 Å². The summed E-state index contributed by atoms with van der Waals surface area (Å²) in [5, 5.41) is 3.80. The molecule has 2 rings (SSSR count). The Labute approximate surface area is 131 Å². The van der Waals surface area contributed by atoms with Crippen LogP contribution in [0.25, 0.3) is 0 Å². The van der Waals surface area contributed by atoms with E-state index in [1.54, 1.807) is 6.20 Å². The second kappa shape index (κ2) is 7.80. The second-order valence-corrected chi connectivity index (χ2v) is 6.82.